The van der Waals surface area contributed by atoms with Crippen molar-refractivity contribution in [2.45, 2.75) is 52.6 Å². The highest BCUT2D eigenvalue weighted by Crippen LogP contribution is 2.37. The van der Waals surface area contributed by atoms with E-state index in [1.54, 1.807) is 0 Å². The Morgan fingerprint density at radius 2 is 2.22 bits per heavy atom. The second kappa shape index (κ2) is 4.23. The second-order valence-electron chi connectivity index (χ2n) is 5.43. The van der Waals surface area contributed by atoms with Crippen molar-refractivity contribution in [2.75, 3.05) is 0 Å². The molecule has 98 valence electrons. The van der Waals surface area contributed by atoms with Crippen LogP contribution in [0.2, 0.25) is 0 Å². The van der Waals surface area contributed by atoms with E-state index in [0.717, 1.165) is 34.1 Å². The molecule has 2 heterocycles. The molecule has 0 saturated heterocycles. The number of fused-ring (bicyclic) bond motifs is 1. The Labute approximate surface area is 112 Å². The lowest BCUT2D eigenvalue weighted by atomic mass is 10.1. The molecule has 2 aromatic heterocycles. The van der Waals surface area contributed by atoms with Crippen LogP contribution in [0.1, 0.15) is 44.8 Å². The number of H-pyrrole nitrogens is 1. The number of rotatable bonds is 4. The SMILES string of the molecule is CCn1nc(C)c2[nH]c(=S)n(C(C)CC3CC3)c21. The van der Waals surface area contributed by atoms with Crippen molar-refractivity contribution in [3.05, 3.63) is 10.5 Å². The van der Waals surface area contributed by atoms with Crippen molar-refractivity contribution < 1.29 is 0 Å². The zero-order chi connectivity index (χ0) is 12.9. The number of imidazole rings is 1. The zero-order valence-corrected chi connectivity index (χ0v) is 12.0. The first-order valence-electron chi connectivity index (χ1n) is 6.79. The van der Waals surface area contributed by atoms with Gasteiger partial charge in [0.15, 0.2) is 10.4 Å². The minimum atomic E-state index is 0.458. The van der Waals surface area contributed by atoms with Crippen LogP contribution in [0, 0.1) is 17.6 Å². The molecule has 1 saturated carbocycles. The molecule has 3 rings (SSSR count). The van der Waals surface area contributed by atoms with Crippen molar-refractivity contribution >= 4 is 23.4 Å². The lowest BCUT2D eigenvalue weighted by Crippen LogP contribution is -2.10. The van der Waals surface area contributed by atoms with Crippen molar-refractivity contribution in [3.8, 4) is 0 Å². The van der Waals surface area contributed by atoms with Crippen molar-refractivity contribution in [1.29, 1.82) is 0 Å². The highest BCUT2D eigenvalue weighted by Gasteiger charge is 2.26. The highest BCUT2D eigenvalue weighted by atomic mass is 32.1. The van der Waals surface area contributed by atoms with E-state index in [9.17, 15) is 0 Å². The predicted octanol–water partition coefficient (Wildman–Crippen LogP) is 3.58. The number of aryl methyl sites for hydroxylation is 2. The van der Waals surface area contributed by atoms with Crippen LogP contribution in [0.15, 0.2) is 0 Å². The summed E-state index contributed by atoms with van der Waals surface area (Å²) >= 11 is 5.49. The average Bonchev–Trinajstić information content (AvgIpc) is 2.99. The molecule has 1 N–H and O–H groups in total. The minimum Gasteiger partial charge on any atom is -0.328 e. The third kappa shape index (κ3) is 1.81. The summed E-state index contributed by atoms with van der Waals surface area (Å²) in [7, 11) is 0. The molecule has 1 aliphatic rings. The Hall–Kier alpha value is -1.10. The normalized spacial score (nSPS) is 17.5. The summed E-state index contributed by atoms with van der Waals surface area (Å²) in [5, 5.41) is 4.57. The molecule has 0 aliphatic heterocycles. The molecule has 2 aromatic rings. The summed E-state index contributed by atoms with van der Waals surface area (Å²) < 4.78 is 5.15. The van der Waals surface area contributed by atoms with Gasteiger partial charge in [-0.2, -0.15) is 5.10 Å². The van der Waals surface area contributed by atoms with Gasteiger partial charge in [0.1, 0.15) is 5.52 Å². The topological polar surface area (TPSA) is 38.5 Å². The predicted molar refractivity (Wildman–Crippen MR) is 75.4 cm³/mol. The summed E-state index contributed by atoms with van der Waals surface area (Å²) in [4.78, 5) is 3.32. The highest BCUT2D eigenvalue weighted by molar-refractivity contribution is 7.71. The van der Waals surface area contributed by atoms with E-state index < -0.39 is 0 Å². The lowest BCUT2D eigenvalue weighted by molar-refractivity contribution is 0.472. The Balaban J connectivity index is 2.13. The molecule has 1 fully saturated rings. The van der Waals surface area contributed by atoms with E-state index in [0.29, 0.717) is 6.04 Å². The summed E-state index contributed by atoms with van der Waals surface area (Å²) in [5.41, 5.74) is 3.30. The Morgan fingerprint density at radius 1 is 1.50 bits per heavy atom. The van der Waals surface area contributed by atoms with Crippen LogP contribution in [0.3, 0.4) is 0 Å². The molecule has 1 atom stereocenters. The third-order valence-electron chi connectivity index (χ3n) is 3.89. The number of hydrogen-bond acceptors (Lipinski definition) is 2. The summed E-state index contributed by atoms with van der Waals surface area (Å²) in [6, 6.07) is 0.458. The van der Waals surface area contributed by atoms with Gasteiger partial charge in [0, 0.05) is 12.6 Å². The van der Waals surface area contributed by atoms with Gasteiger partial charge < -0.3 is 4.98 Å². The zero-order valence-electron chi connectivity index (χ0n) is 11.2. The van der Waals surface area contributed by atoms with Gasteiger partial charge in [-0.3, -0.25) is 4.57 Å². The molecule has 0 radical (unpaired) electrons. The first-order chi connectivity index (χ1) is 8.61. The number of nitrogens with zero attached hydrogens (tertiary/aromatic N) is 3. The van der Waals surface area contributed by atoms with Crippen LogP contribution in [0.25, 0.3) is 11.2 Å². The smallest absolute Gasteiger partial charge is 0.179 e. The number of nitrogens with one attached hydrogen (secondary N) is 1. The third-order valence-corrected chi connectivity index (χ3v) is 4.19. The van der Waals surface area contributed by atoms with Crippen molar-refractivity contribution in [2.24, 2.45) is 5.92 Å². The molecule has 4 nitrogen and oxygen atoms in total. The van der Waals surface area contributed by atoms with E-state index >= 15 is 0 Å². The van der Waals surface area contributed by atoms with Crippen LogP contribution in [0.5, 0.6) is 0 Å². The van der Waals surface area contributed by atoms with Crippen molar-refractivity contribution in [1.82, 2.24) is 19.3 Å². The Kier molecular flexibility index (Phi) is 2.81. The first-order valence-corrected chi connectivity index (χ1v) is 7.20. The van der Waals surface area contributed by atoms with Crippen LogP contribution in [-0.4, -0.2) is 19.3 Å². The lowest BCUT2D eigenvalue weighted by Gasteiger charge is -2.14. The summed E-state index contributed by atoms with van der Waals surface area (Å²) in [5.74, 6) is 0.908. The molecule has 18 heavy (non-hydrogen) atoms. The minimum absolute atomic E-state index is 0.458. The van der Waals surface area contributed by atoms with E-state index in [1.165, 1.54) is 19.3 Å². The van der Waals surface area contributed by atoms with E-state index in [2.05, 4.69) is 33.2 Å². The fourth-order valence-electron chi connectivity index (χ4n) is 2.79. The summed E-state index contributed by atoms with van der Waals surface area (Å²) in [6.07, 6.45) is 4.00. The maximum Gasteiger partial charge on any atom is 0.179 e. The van der Waals surface area contributed by atoms with Gasteiger partial charge in [-0.15, -0.1) is 0 Å². The molecular formula is C13H20N4S. The van der Waals surface area contributed by atoms with Gasteiger partial charge in [-0.25, -0.2) is 4.68 Å². The van der Waals surface area contributed by atoms with E-state index in [4.69, 9.17) is 12.2 Å². The maximum atomic E-state index is 5.49. The Bertz CT molecular complexity index is 629. The Morgan fingerprint density at radius 3 is 2.83 bits per heavy atom. The molecule has 0 spiro atoms. The van der Waals surface area contributed by atoms with Crippen LogP contribution < -0.4 is 0 Å². The second-order valence-corrected chi connectivity index (χ2v) is 5.81. The number of aromatic nitrogens is 4. The molecule has 1 unspecified atom stereocenters. The molecule has 0 bridgehead atoms. The molecule has 0 aromatic carbocycles. The van der Waals surface area contributed by atoms with Gasteiger partial charge in [-0.05, 0) is 45.3 Å². The van der Waals surface area contributed by atoms with E-state index in [1.807, 2.05) is 6.92 Å². The fourth-order valence-corrected chi connectivity index (χ4v) is 3.16. The maximum absolute atomic E-state index is 5.49. The fraction of sp³-hybridized carbons (Fsp3) is 0.692. The standard InChI is InChI=1S/C13H20N4S/c1-4-16-12-11(9(3)15-16)14-13(18)17(12)8(2)7-10-5-6-10/h8,10H,4-7H2,1-3H3,(H,14,18). The van der Waals surface area contributed by atoms with Gasteiger partial charge in [0.05, 0.1) is 5.69 Å². The quantitative estimate of drug-likeness (QED) is 0.857. The molecule has 1 aliphatic carbocycles. The largest absolute Gasteiger partial charge is 0.328 e. The average molecular weight is 264 g/mol. The van der Waals surface area contributed by atoms with Gasteiger partial charge in [0.2, 0.25) is 0 Å². The van der Waals surface area contributed by atoms with Gasteiger partial charge >= 0.3 is 0 Å². The molecule has 5 heteroatoms. The first kappa shape index (κ1) is 12.0. The van der Waals surface area contributed by atoms with Crippen molar-refractivity contribution in [3.63, 3.8) is 0 Å². The van der Waals surface area contributed by atoms with Gasteiger partial charge in [-0.1, -0.05) is 12.8 Å². The van der Waals surface area contributed by atoms with Crippen LogP contribution in [0.4, 0.5) is 0 Å². The number of hydrogen-bond donors (Lipinski definition) is 1. The van der Waals surface area contributed by atoms with E-state index in [-0.39, 0.29) is 0 Å². The van der Waals surface area contributed by atoms with Gasteiger partial charge in [0.25, 0.3) is 0 Å². The molecule has 0 amide bonds. The molecular weight excluding hydrogens is 244 g/mol. The summed E-state index contributed by atoms with van der Waals surface area (Å²) in [6.45, 7) is 7.31. The van der Waals surface area contributed by atoms with Crippen LogP contribution >= 0.6 is 12.2 Å². The monoisotopic (exact) mass is 264 g/mol. The number of aromatic amines is 1. The van der Waals surface area contributed by atoms with Crippen LogP contribution in [-0.2, 0) is 6.54 Å².